The maximum Gasteiger partial charge on any atom is 0.471 e. The summed E-state index contributed by atoms with van der Waals surface area (Å²) in [6.45, 7) is 3.91. The van der Waals surface area contributed by atoms with E-state index < -0.39 is 12.1 Å². The van der Waals surface area contributed by atoms with E-state index in [9.17, 15) is 18.0 Å². The van der Waals surface area contributed by atoms with E-state index in [1.807, 2.05) is 37.4 Å². The van der Waals surface area contributed by atoms with Crippen LogP contribution in [0.15, 0.2) is 52.3 Å². The summed E-state index contributed by atoms with van der Waals surface area (Å²) >= 11 is 1.32. The molecule has 6 heteroatoms. The summed E-state index contributed by atoms with van der Waals surface area (Å²) < 4.78 is 37.1. The predicted octanol–water partition coefficient (Wildman–Crippen LogP) is 4.96. The van der Waals surface area contributed by atoms with Gasteiger partial charge >= 0.3 is 12.1 Å². The van der Waals surface area contributed by atoms with Gasteiger partial charge in [-0.05, 0) is 37.6 Å². The van der Waals surface area contributed by atoms with E-state index in [4.69, 9.17) is 0 Å². The van der Waals surface area contributed by atoms with Gasteiger partial charge in [0, 0.05) is 9.79 Å². The number of halogens is 3. The Hall–Kier alpha value is -1.95. The Morgan fingerprint density at radius 2 is 1.73 bits per heavy atom. The minimum Gasteiger partial charge on any atom is -0.317 e. The van der Waals surface area contributed by atoms with Crippen molar-refractivity contribution in [1.82, 2.24) is 0 Å². The highest BCUT2D eigenvalue weighted by atomic mass is 32.2. The average Bonchev–Trinajstić information content (AvgIpc) is 2.42. The van der Waals surface area contributed by atoms with E-state index in [-0.39, 0.29) is 5.69 Å². The van der Waals surface area contributed by atoms with Crippen molar-refractivity contribution in [1.29, 1.82) is 0 Å². The molecule has 2 aromatic carbocycles. The fourth-order valence-corrected chi connectivity index (χ4v) is 2.85. The van der Waals surface area contributed by atoms with Crippen molar-refractivity contribution in [3.05, 3.63) is 53.6 Å². The highest BCUT2D eigenvalue weighted by molar-refractivity contribution is 7.99. The Bertz CT molecular complexity index is 698. The molecule has 0 radical (unpaired) electrons. The van der Waals surface area contributed by atoms with Gasteiger partial charge in [-0.1, -0.05) is 41.6 Å². The molecule has 116 valence electrons. The number of para-hydroxylation sites is 1. The molecule has 0 fully saturated rings. The second-order valence-corrected chi connectivity index (χ2v) is 5.90. The highest BCUT2D eigenvalue weighted by Crippen LogP contribution is 2.36. The van der Waals surface area contributed by atoms with Crippen LogP contribution in [-0.4, -0.2) is 12.1 Å². The van der Waals surface area contributed by atoms with Gasteiger partial charge in [-0.25, -0.2) is 0 Å². The molecule has 0 aliphatic carbocycles. The monoisotopic (exact) mass is 325 g/mol. The van der Waals surface area contributed by atoms with Gasteiger partial charge in [0.05, 0.1) is 5.69 Å². The Balaban J connectivity index is 2.27. The summed E-state index contributed by atoms with van der Waals surface area (Å²) in [6.07, 6.45) is -4.91. The van der Waals surface area contributed by atoms with Crippen molar-refractivity contribution in [2.75, 3.05) is 5.32 Å². The van der Waals surface area contributed by atoms with Gasteiger partial charge in [-0.15, -0.1) is 0 Å². The molecule has 0 heterocycles. The van der Waals surface area contributed by atoms with Crippen LogP contribution in [-0.2, 0) is 4.79 Å². The summed E-state index contributed by atoms with van der Waals surface area (Å²) in [5.74, 6) is -1.97. The molecule has 0 aliphatic heterocycles. The number of rotatable bonds is 3. The number of nitrogens with one attached hydrogen (secondary N) is 1. The minimum atomic E-state index is -4.91. The van der Waals surface area contributed by atoms with Gasteiger partial charge in [0.2, 0.25) is 0 Å². The van der Waals surface area contributed by atoms with Crippen molar-refractivity contribution in [2.45, 2.75) is 29.8 Å². The van der Waals surface area contributed by atoms with Gasteiger partial charge in [0.25, 0.3) is 0 Å². The zero-order valence-corrected chi connectivity index (χ0v) is 12.8. The third-order valence-corrected chi connectivity index (χ3v) is 4.20. The average molecular weight is 325 g/mol. The Morgan fingerprint density at radius 3 is 2.36 bits per heavy atom. The highest BCUT2D eigenvalue weighted by Gasteiger charge is 2.38. The van der Waals surface area contributed by atoms with Crippen LogP contribution in [0.25, 0.3) is 0 Å². The molecule has 22 heavy (non-hydrogen) atoms. The van der Waals surface area contributed by atoms with Crippen LogP contribution in [0.1, 0.15) is 11.1 Å². The van der Waals surface area contributed by atoms with E-state index in [0.717, 1.165) is 16.0 Å². The molecule has 1 amide bonds. The van der Waals surface area contributed by atoms with E-state index in [2.05, 4.69) is 0 Å². The number of hydrogen-bond donors (Lipinski definition) is 1. The van der Waals surface area contributed by atoms with E-state index in [1.54, 1.807) is 18.2 Å². The van der Waals surface area contributed by atoms with Crippen LogP contribution in [0, 0.1) is 13.8 Å². The molecule has 0 spiro atoms. The molecule has 0 aliphatic rings. The number of anilines is 1. The SMILES string of the molecule is Cc1ccc(Sc2ccccc2NC(=O)C(F)(F)F)c(C)c1. The van der Waals surface area contributed by atoms with Gasteiger partial charge in [-0.3, -0.25) is 4.79 Å². The Kier molecular flexibility index (Phi) is 4.81. The standard InChI is InChI=1S/C16H14F3NOS/c1-10-7-8-13(11(2)9-10)22-14-6-4-3-5-12(14)20-15(21)16(17,18)19/h3-9H,1-2H3,(H,20,21). The lowest BCUT2D eigenvalue weighted by Crippen LogP contribution is -2.30. The van der Waals surface area contributed by atoms with Gasteiger partial charge in [-0.2, -0.15) is 13.2 Å². The fourth-order valence-electron chi connectivity index (χ4n) is 1.88. The molecule has 2 nitrogen and oxygen atoms in total. The fraction of sp³-hybridized carbons (Fsp3) is 0.188. The largest absolute Gasteiger partial charge is 0.471 e. The van der Waals surface area contributed by atoms with Crippen LogP contribution < -0.4 is 5.32 Å². The smallest absolute Gasteiger partial charge is 0.317 e. The second-order valence-electron chi connectivity index (χ2n) is 4.82. The van der Waals surface area contributed by atoms with Crippen LogP contribution in [0.3, 0.4) is 0 Å². The lowest BCUT2D eigenvalue weighted by Gasteiger charge is -2.13. The van der Waals surface area contributed by atoms with Crippen molar-refractivity contribution in [3.63, 3.8) is 0 Å². The number of aryl methyl sites for hydroxylation is 2. The molecule has 2 aromatic rings. The van der Waals surface area contributed by atoms with Gasteiger partial charge in [0.1, 0.15) is 0 Å². The van der Waals surface area contributed by atoms with Crippen molar-refractivity contribution in [2.24, 2.45) is 0 Å². The topological polar surface area (TPSA) is 29.1 Å². The first-order valence-corrected chi connectivity index (χ1v) is 7.31. The molecule has 0 saturated heterocycles. The number of carbonyl (C=O) groups is 1. The summed E-state index contributed by atoms with van der Waals surface area (Å²) in [5.41, 5.74) is 2.29. The molecule has 2 rings (SSSR count). The number of amides is 1. The van der Waals surface area contributed by atoms with Gasteiger partial charge in [0.15, 0.2) is 0 Å². The molecule has 0 aromatic heterocycles. The molecule has 1 N–H and O–H groups in total. The van der Waals surface area contributed by atoms with E-state index in [1.165, 1.54) is 17.8 Å². The summed E-state index contributed by atoms with van der Waals surface area (Å²) in [4.78, 5) is 12.6. The van der Waals surface area contributed by atoms with Crippen LogP contribution in [0.2, 0.25) is 0 Å². The molecule has 0 unspecified atom stereocenters. The van der Waals surface area contributed by atoms with E-state index in [0.29, 0.717) is 4.90 Å². The predicted molar refractivity (Wildman–Crippen MR) is 81.2 cm³/mol. The quantitative estimate of drug-likeness (QED) is 0.864. The number of carbonyl (C=O) groups excluding carboxylic acids is 1. The van der Waals surface area contributed by atoms with E-state index >= 15 is 0 Å². The summed E-state index contributed by atoms with van der Waals surface area (Å²) in [7, 11) is 0. The number of benzene rings is 2. The maximum absolute atomic E-state index is 12.4. The molecule has 0 atom stereocenters. The maximum atomic E-state index is 12.4. The normalized spacial score (nSPS) is 11.3. The zero-order chi connectivity index (χ0) is 16.3. The second kappa shape index (κ2) is 6.44. The first kappa shape index (κ1) is 16.4. The minimum absolute atomic E-state index is 0.148. The summed E-state index contributed by atoms with van der Waals surface area (Å²) in [6, 6.07) is 12.3. The van der Waals surface area contributed by atoms with Crippen molar-refractivity contribution in [3.8, 4) is 0 Å². The third kappa shape index (κ3) is 4.04. The molecular weight excluding hydrogens is 311 g/mol. The third-order valence-electron chi connectivity index (χ3n) is 2.94. The molecule has 0 bridgehead atoms. The first-order valence-electron chi connectivity index (χ1n) is 6.49. The molecule has 0 saturated carbocycles. The van der Waals surface area contributed by atoms with Crippen molar-refractivity contribution >= 4 is 23.4 Å². The Morgan fingerprint density at radius 1 is 1.05 bits per heavy atom. The van der Waals surface area contributed by atoms with Crippen molar-refractivity contribution < 1.29 is 18.0 Å². The van der Waals surface area contributed by atoms with Crippen LogP contribution in [0.4, 0.5) is 18.9 Å². The van der Waals surface area contributed by atoms with Crippen LogP contribution >= 0.6 is 11.8 Å². The number of alkyl halides is 3. The lowest BCUT2D eigenvalue weighted by atomic mass is 10.2. The van der Waals surface area contributed by atoms with Crippen LogP contribution in [0.5, 0.6) is 0 Å². The lowest BCUT2D eigenvalue weighted by molar-refractivity contribution is -0.167. The van der Waals surface area contributed by atoms with Gasteiger partial charge < -0.3 is 5.32 Å². The molecular formula is C16H14F3NOS. The zero-order valence-electron chi connectivity index (χ0n) is 12.0. The number of hydrogen-bond acceptors (Lipinski definition) is 2. The Labute approximate surface area is 130 Å². The summed E-state index contributed by atoms with van der Waals surface area (Å²) in [5, 5.41) is 1.92. The first-order chi connectivity index (χ1) is 10.3.